The summed E-state index contributed by atoms with van der Waals surface area (Å²) >= 11 is 0. The van der Waals surface area contributed by atoms with E-state index in [1.165, 1.54) is 51.6 Å². The maximum Gasteiger partial charge on any atom is 0.222 e. The number of nitrogens with one attached hydrogen (secondary N) is 1. The molecule has 4 heteroatoms. The van der Waals surface area contributed by atoms with Crippen molar-refractivity contribution in [3.63, 3.8) is 0 Å². The number of amides is 1. The van der Waals surface area contributed by atoms with Crippen LogP contribution in [0.15, 0.2) is 0 Å². The predicted octanol–water partition coefficient (Wildman–Crippen LogP) is 3.08. The van der Waals surface area contributed by atoms with E-state index in [-0.39, 0.29) is 12.4 Å². The van der Waals surface area contributed by atoms with Gasteiger partial charge in [0.25, 0.3) is 0 Å². The van der Waals surface area contributed by atoms with Gasteiger partial charge in [-0.1, -0.05) is 19.8 Å². The van der Waals surface area contributed by atoms with Crippen LogP contribution >= 0.6 is 12.4 Å². The number of fused-ring (bicyclic) bond motifs is 1. The summed E-state index contributed by atoms with van der Waals surface area (Å²) in [5.41, 5.74) is 0. The third-order valence-electron chi connectivity index (χ3n) is 5.97. The Morgan fingerprint density at radius 3 is 2.14 bits per heavy atom. The van der Waals surface area contributed by atoms with Crippen LogP contribution in [0.5, 0.6) is 0 Å². The highest BCUT2D eigenvalue weighted by Crippen LogP contribution is 2.32. The average molecular weight is 315 g/mol. The average Bonchev–Trinajstić information content (AvgIpc) is 2.80. The molecule has 0 radical (unpaired) electrons. The van der Waals surface area contributed by atoms with Crippen molar-refractivity contribution in [1.29, 1.82) is 0 Å². The number of halogens is 1. The molecule has 1 aliphatic carbocycles. The topological polar surface area (TPSA) is 32.3 Å². The SMILES string of the molecule is CC1CCC(CC(=O)N2CC[C@@H]3CNC[C@@H]3CC2)CC1.Cl. The molecule has 3 fully saturated rings. The maximum absolute atomic E-state index is 12.5. The minimum absolute atomic E-state index is 0. The molecule has 3 rings (SSSR count). The third-order valence-corrected chi connectivity index (χ3v) is 5.97. The highest BCUT2D eigenvalue weighted by molar-refractivity contribution is 5.85. The van der Waals surface area contributed by atoms with Crippen molar-refractivity contribution in [2.24, 2.45) is 23.7 Å². The van der Waals surface area contributed by atoms with Gasteiger partial charge in [0.2, 0.25) is 5.91 Å². The second-order valence-electron chi connectivity index (χ2n) is 7.47. The molecule has 1 saturated carbocycles. The maximum atomic E-state index is 12.5. The van der Waals surface area contributed by atoms with E-state index in [4.69, 9.17) is 0 Å². The second kappa shape index (κ2) is 7.82. The molecule has 0 aromatic rings. The van der Waals surface area contributed by atoms with Crippen molar-refractivity contribution >= 4 is 18.3 Å². The number of nitrogens with zero attached hydrogens (tertiary/aromatic N) is 1. The van der Waals surface area contributed by atoms with Gasteiger partial charge in [-0.05, 0) is 62.4 Å². The van der Waals surface area contributed by atoms with Crippen LogP contribution in [0.2, 0.25) is 0 Å². The van der Waals surface area contributed by atoms with E-state index in [9.17, 15) is 4.79 Å². The highest BCUT2D eigenvalue weighted by Gasteiger charge is 2.32. The summed E-state index contributed by atoms with van der Waals surface area (Å²) in [6.45, 7) is 6.70. The number of rotatable bonds is 2. The second-order valence-corrected chi connectivity index (χ2v) is 7.47. The van der Waals surface area contributed by atoms with E-state index in [1.807, 2.05) is 0 Å². The van der Waals surface area contributed by atoms with E-state index < -0.39 is 0 Å². The first-order chi connectivity index (χ1) is 9.72. The smallest absolute Gasteiger partial charge is 0.222 e. The van der Waals surface area contributed by atoms with E-state index in [1.54, 1.807) is 0 Å². The van der Waals surface area contributed by atoms with Crippen LogP contribution in [-0.4, -0.2) is 37.0 Å². The quantitative estimate of drug-likeness (QED) is 0.849. The standard InChI is InChI=1S/C17H30N2O.ClH/c1-13-2-4-14(5-3-13)10-17(20)19-8-6-15-11-18-12-16(15)7-9-19;/h13-16,18H,2-12H2,1H3;1H/t13?,14?,15-,16+;. The molecule has 2 aliphatic heterocycles. The van der Waals surface area contributed by atoms with E-state index in [0.717, 1.165) is 37.3 Å². The van der Waals surface area contributed by atoms with Crippen LogP contribution in [0.3, 0.4) is 0 Å². The van der Waals surface area contributed by atoms with Gasteiger partial charge in [0.1, 0.15) is 0 Å². The van der Waals surface area contributed by atoms with E-state index in [0.29, 0.717) is 11.8 Å². The molecule has 122 valence electrons. The van der Waals surface area contributed by atoms with Crippen molar-refractivity contribution in [2.45, 2.75) is 51.9 Å². The number of carbonyl (C=O) groups excluding carboxylic acids is 1. The number of likely N-dealkylation sites (tertiary alicyclic amines) is 1. The summed E-state index contributed by atoms with van der Waals surface area (Å²) in [6.07, 6.45) is 8.45. The zero-order valence-electron chi connectivity index (χ0n) is 13.4. The molecule has 1 N–H and O–H groups in total. The Bertz CT molecular complexity index is 328. The summed E-state index contributed by atoms with van der Waals surface area (Å²) in [7, 11) is 0. The fourth-order valence-corrected chi connectivity index (χ4v) is 4.38. The van der Waals surface area contributed by atoms with Crippen LogP contribution in [0.4, 0.5) is 0 Å². The molecule has 3 aliphatic rings. The fraction of sp³-hybridized carbons (Fsp3) is 0.941. The van der Waals surface area contributed by atoms with Crippen LogP contribution in [-0.2, 0) is 4.79 Å². The van der Waals surface area contributed by atoms with Crippen LogP contribution < -0.4 is 5.32 Å². The van der Waals surface area contributed by atoms with Gasteiger partial charge in [0.05, 0.1) is 0 Å². The molecule has 2 atom stereocenters. The third kappa shape index (κ3) is 4.35. The first kappa shape index (κ1) is 17.1. The Balaban J connectivity index is 0.00000161. The normalized spacial score (nSPS) is 36.5. The minimum atomic E-state index is 0. The molecule has 1 amide bonds. The first-order valence-electron chi connectivity index (χ1n) is 8.71. The van der Waals surface area contributed by atoms with Gasteiger partial charge in [-0.15, -0.1) is 12.4 Å². The van der Waals surface area contributed by atoms with Crippen molar-refractivity contribution in [3.8, 4) is 0 Å². The Morgan fingerprint density at radius 1 is 1.00 bits per heavy atom. The summed E-state index contributed by atoms with van der Waals surface area (Å²) in [4.78, 5) is 14.7. The molecule has 2 saturated heterocycles. The number of hydrogen-bond acceptors (Lipinski definition) is 2. The summed E-state index contributed by atoms with van der Waals surface area (Å²) in [5, 5.41) is 3.50. The van der Waals surface area contributed by atoms with Gasteiger partial charge in [0, 0.05) is 19.5 Å². The van der Waals surface area contributed by atoms with Gasteiger partial charge in [0.15, 0.2) is 0 Å². The molecule has 0 spiro atoms. The number of hydrogen-bond donors (Lipinski definition) is 1. The molecule has 0 aromatic carbocycles. The molecule has 2 heterocycles. The van der Waals surface area contributed by atoms with E-state index in [2.05, 4.69) is 17.1 Å². The lowest BCUT2D eigenvalue weighted by atomic mass is 9.81. The summed E-state index contributed by atoms with van der Waals surface area (Å²) in [6, 6.07) is 0. The number of carbonyl (C=O) groups is 1. The molecule has 21 heavy (non-hydrogen) atoms. The first-order valence-corrected chi connectivity index (χ1v) is 8.71. The van der Waals surface area contributed by atoms with Crippen molar-refractivity contribution in [3.05, 3.63) is 0 Å². The summed E-state index contributed by atoms with van der Waals surface area (Å²) < 4.78 is 0. The Labute approximate surface area is 135 Å². The molecule has 0 unspecified atom stereocenters. The molecular formula is C17H31ClN2O. The monoisotopic (exact) mass is 314 g/mol. The molecular weight excluding hydrogens is 284 g/mol. The zero-order chi connectivity index (χ0) is 13.9. The predicted molar refractivity (Wildman–Crippen MR) is 88.7 cm³/mol. The zero-order valence-corrected chi connectivity index (χ0v) is 14.2. The highest BCUT2D eigenvalue weighted by atomic mass is 35.5. The van der Waals surface area contributed by atoms with Crippen molar-refractivity contribution in [2.75, 3.05) is 26.2 Å². The minimum Gasteiger partial charge on any atom is -0.343 e. The van der Waals surface area contributed by atoms with Gasteiger partial charge in [-0.25, -0.2) is 0 Å². The van der Waals surface area contributed by atoms with Gasteiger partial charge >= 0.3 is 0 Å². The van der Waals surface area contributed by atoms with Crippen LogP contribution in [0.25, 0.3) is 0 Å². The van der Waals surface area contributed by atoms with Gasteiger partial charge in [-0.2, -0.15) is 0 Å². The van der Waals surface area contributed by atoms with Crippen molar-refractivity contribution < 1.29 is 4.79 Å². The Hall–Kier alpha value is -0.280. The van der Waals surface area contributed by atoms with Crippen LogP contribution in [0, 0.1) is 23.7 Å². The van der Waals surface area contributed by atoms with Crippen molar-refractivity contribution in [1.82, 2.24) is 10.2 Å². The molecule has 0 aromatic heterocycles. The van der Waals surface area contributed by atoms with Gasteiger partial charge < -0.3 is 10.2 Å². The largest absolute Gasteiger partial charge is 0.343 e. The van der Waals surface area contributed by atoms with E-state index >= 15 is 0 Å². The summed E-state index contributed by atoms with van der Waals surface area (Å²) in [5.74, 6) is 3.64. The molecule has 3 nitrogen and oxygen atoms in total. The fourth-order valence-electron chi connectivity index (χ4n) is 4.38. The Kier molecular flexibility index (Phi) is 6.36. The molecule has 0 bridgehead atoms. The van der Waals surface area contributed by atoms with Crippen LogP contribution in [0.1, 0.15) is 51.9 Å². The lowest BCUT2D eigenvalue weighted by Gasteiger charge is -2.28. The van der Waals surface area contributed by atoms with Gasteiger partial charge in [-0.3, -0.25) is 4.79 Å². The Morgan fingerprint density at radius 2 is 1.57 bits per heavy atom. The lowest BCUT2D eigenvalue weighted by molar-refractivity contribution is -0.132. The lowest BCUT2D eigenvalue weighted by Crippen LogP contribution is -2.34.